The van der Waals surface area contributed by atoms with Gasteiger partial charge in [0.15, 0.2) is 0 Å². The van der Waals surface area contributed by atoms with Crippen molar-refractivity contribution in [2.45, 2.75) is 32.2 Å². The molecule has 0 saturated carbocycles. The Labute approximate surface area is 175 Å². The Bertz CT molecular complexity index is 1050. The normalized spacial score (nSPS) is 19.3. The summed E-state index contributed by atoms with van der Waals surface area (Å²) in [5.74, 6) is 0.571. The first kappa shape index (κ1) is 19.8. The first-order chi connectivity index (χ1) is 13.9. The highest BCUT2D eigenvalue weighted by Crippen LogP contribution is 2.34. The van der Waals surface area contributed by atoms with Gasteiger partial charge in [0.25, 0.3) is 10.0 Å². The largest absolute Gasteiger partial charge is 0.356 e. The molecule has 0 radical (unpaired) electrons. The van der Waals surface area contributed by atoms with E-state index in [9.17, 15) is 13.2 Å². The van der Waals surface area contributed by atoms with Gasteiger partial charge in [-0.3, -0.25) is 4.79 Å². The van der Waals surface area contributed by atoms with E-state index in [0.29, 0.717) is 41.4 Å². The molecule has 0 aliphatic carbocycles. The van der Waals surface area contributed by atoms with Crippen LogP contribution < -0.4 is 5.32 Å². The number of carbonyl (C=O) groups excluding carboxylic acids is 1. The van der Waals surface area contributed by atoms with Gasteiger partial charge in [0, 0.05) is 29.6 Å². The molecular formula is C21H23N3O3S2. The third-order valence-electron chi connectivity index (χ3n) is 5.25. The SMILES string of the molecule is CC1=C(c2ccccc2)S(=O)(=O)N=C1N1CCC(NC(=O)Cc2cccs2)CC1. The quantitative estimate of drug-likeness (QED) is 0.810. The van der Waals surface area contributed by atoms with E-state index in [1.165, 1.54) is 0 Å². The number of likely N-dealkylation sites (tertiary alicyclic amines) is 1. The number of sulfonamides is 1. The van der Waals surface area contributed by atoms with Gasteiger partial charge >= 0.3 is 0 Å². The molecule has 1 amide bonds. The van der Waals surface area contributed by atoms with E-state index in [0.717, 1.165) is 17.7 Å². The third-order valence-corrected chi connectivity index (χ3v) is 7.60. The summed E-state index contributed by atoms with van der Waals surface area (Å²) < 4.78 is 29.4. The van der Waals surface area contributed by atoms with Crippen LogP contribution in [0.5, 0.6) is 0 Å². The van der Waals surface area contributed by atoms with Crippen LogP contribution in [0.2, 0.25) is 0 Å². The van der Waals surface area contributed by atoms with Crippen molar-refractivity contribution in [1.29, 1.82) is 0 Å². The Balaban J connectivity index is 1.41. The number of piperidine rings is 1. The van der Waals surface area contributed by atoms with E-state index < -0.39 is 10.0 Å². The zero-order chi connectivity index (χ0) is 20.4. The highest BCUT2D eigenvalue weighted by molar-refractivity contribution is 8.00. The van der Waals surface area contributed by atoms with Crippen molar-refractivity contribution in [3.63, 3.8) is 0 Å². The molecule has 152 valence electrons. The minimum atomic E-state index is -3.69. The summed E-state index contributed by atoms with van der Waals surface area (Å²) in [6, 6.07) is 13.1. The van der Waals surface area contributed by atoms with Gasteiger partial charge in [-0.25, -0.2) is 0 Å². The molecule has 0 atom stereocenters. The number of benzene rings is 1. The zero-order valence-electron chi connectivity index (χ0n) is 16.2. The van der Waals surface area contributed by atoms with Gasteiger partial charge in [0.2, 0.25) is 5.91 Å². The molecule has 2 aliphatic heterocycles. The second kappa shape index (κ2) is 8.12. The van der Waals surface area contributed by atoms with Crippen molar-refractivity contribution < 1.29 is 13.2 Å². The van der Waals surface area contributed by atoms with Crippen LogP contribution in [-0.4, -0.2) is 44.2 Å². The van der Waals surface area contributed by atoms with Crippen molar-refractivity contribution in [2.24, 2.45) is 4.40 Å². The summed E-state index contributed by atoms with van der Waals surface area (Å²) in [6.07, 6.45) is 1.94. The molecular weight excluding hydrogens is 406 g/mol. The molecule has 8 heteroatoms. The minimum Gasteiger partial charge on any atom is -0.356 e. The monoisotopic (exact) mass is 429 g/mol. The molecule has 0 spiro atoms. The molecule has 1 aromatic heterocycles. The van der Waals surface area contributed by atoms with Crippen LogP contribution >= 0.6 is 11.3 Å². The Morgan fingerprint density at radius 3 is 2.55 bits per heavy atom. The molecule has 2 aromatic rings. The van der Waals surface area contributed by atoms with Gasteiger partial charge in [0.1, 0.15) is 10.7 Å². The molecule has 4 rings (SSSR count). The summed E-state index contributed by atoms with van der Waals surface area (Å²) in [7, 11) is -3.69. The second-order valence-corrected chi connectivity index (χ2v) is 9.87. The van der Waals surface area contributed by atoms with Gasteiger partial charge < -0.3 is 10.2 Å². The fourth-order valence-electron chi connectivity index (χ4n) is 3.86. The van der Waals surface area contributed by atoms with Crippen LogP contribution in [0, 0.1) is 0 Å². The van der Waals surface area contributed by atoms with Crippen LogP contribution in [0.15, 0.2) is 57.8 Å². The van der Waals surface area contributed by atoms with Crippen LogP contribution in [0.25, 0.3) is 4.91 Å². The lowest BCUT2D eigenvalue weighted by Gasteiger charge is -2.33. The fourth-order valence-corrected chi connectivity index (χ4v) is 6.05. The van der Waals surface area contributed by atoms with Crippen molar-refractivity contribution in [3.8, 4) is 0 Å². The average molecular weight is 430 g/mol. The third kappa shape index (κ3) is 4.28. The molecule has 29 heavy (non-hydrogen) atoms. The van der Waals surface area contributed by atoms with Crippen molar-refractivity contribution in [1.82, 2.24) is 10.2 Å². The maximum absolute atomic E-state index is 12.7. The van der Waals surface area contributed by atoms with Crippen molar-refractivity contribution in [2.75, 3.05) is 13.1 Å². The zero-order valence-corrected chi connectivity index (χ0v) is 17.8. The van der Waals surface area contributed by atoms with Crippen LogP contribution in [0.1, 0.15) is 30.2 Å². The highest BCUT2D eigenvalue weighted by atomic mass is 32.2. The molecule has 6 nitrogen and oxygen atoms in total. The smallest absolute Gasteiger partial charge is 0.285 e. The lowest BCUT2D eigenvalue weighted by atomic mass is 10.0. The molecule has 0 unspecified atom stereocenters. The molecule has 3 heterocycles. The molecule has 0 bridgehead atoms. The summed E-state index contributed by atoms with van der Waals surface area (Å²) in [5, 5.41) is 5.07. The van der Waals surface area contributed by atoms with E-state index in [1.807, 2.05) is 47.5 Å². The maximum atomic E-state index is 12.7. The molecule has 1 aromatic carbocycles. The molecule has 1 N–H and O–H groups in total. The number of amides is 1. The Morgan fingerprint density at radius 1 is 1.17 bits per heavy atom. The number of thiophene rings is 1. The van der Waals surface area contributed by atoms with Crippen LogP contribution in [-0.2, 0) is 21.2 Å². The number of nitrogens with zero attached hydrogens (tertiary/aromatic N) is 2. The average Bonchev–Trinajstić information content (AvgIpc) is 3.28. The predicted octanol–water partition coefficient (Wildman–Crippen LogP) is 3.04. The number of hydrogen-bond acceptors (Lipinski definition) is 5. The predicted molar refractivity (Wildman–Crippen MR) is 116 cm³/mol. The first-order valence-electron chi connectivity index (χ1n) is 9.62. The highest BCUT2D eigenvalue weighted by Gasteiger charge is 2.34. The number of hydrogen-bond donors (Lipinski definition) is 1. The second-order valence-electron chi connectivity index (χ2n) is 7.30. The van der Waals surface area contributed by atoms with E-state index in [4.69, 9.17) is 0 Å². The first-order valence-corrected chi connectivity index (χ1v) is 11.9. The van der Waals surface area contributed by atoms with E-state index in [1.54, 1.807) is 23.5 Å². The van der Waals surface area contributed by atoms with Crippen LogP contribution in [0.4, 0.5) is 0 Å². The summed E-state index contributed by atoms with van der Waals surface area (Å²) in [6.45, 7) is 3.15. The van der Waals surface area contributed by atoms with E-state index in [-0.39, 0.29) is 11.9 Å². The van der Waals surface area contributed by atoms with Gasteiger partial charge in [-0.2, -0.15) is 8.42 Å². The number of carbonyl (C=O) groups is 1. The van der Waals surface area contributed by atoms with E-state index in [2.05, 4.69) is 9.71 Å². The number of nitrogens with one attached hydrogen (secondary N) is 1. The Morgan fingerprint density at radius 2 is 1.90 bits per heavy atom. The van der Waals surface area contributed by atoms with Crippen molar-refractivity contribution >= 4 is 38.0 Å². The van der Waals surface area contributed by atoms with Gasteiger partial charge in [0.05, 0.1) is 6.42 Å². The topological polar surface area (TPSA) is 78.8 Å². The van der Waals surface area contributed by atoms with Crippen LogP contribution in [0.3, 0.4) is 0 Å². The summed E-state index contributed by atoms with van der Waals surface area (Å²) in [5.41, 5.74) is 1.36. The Kier molecular flexibility index (Phi) is 5.56. The summed E-state index contributed by atoms with van der Waals surface area (Å²) >= 11 is 1.58. The number of amidine groups is 1. The maximum Gasteiger partial charge on any atom is 0.285 e. The minimum absolute atomic E-state index is 0.0362. The molecule has 2 aliphatic rings. The standard InChI is InChI=1S/C21H23N3O3S2/c1-15-20(16-6-3-2-4-7-16)29(26,27)23-21(15)24-11-9-17(10-12-24)22-19(25)14-18-8-5-13-28-18/h2-8,13,17H,9-12,14H2,1H3,(H,22,25). The fraction of sp³-hybridized carbons (Fsp3) is 0.333. The molecule has 1 saturated heterocycles. The lowest BCUT2D eigenvalue weighted by Crippen LogP contribution is -2.46. The molecule has 1 fully saturated rings. The van der Waals surface area contributed by atoms with Gasteiger partial charge in [-0.1, -0.05) is 36.4 Å². The van der Waals surface area contributed by atoms with Crippen molar-refractivity contribution in [3.05, 3.63) is 63.9 Å². The lowest BCUT2D eigenvalue weighted by molar-refractivity contribution is -0.121. The van der Waals surface area contributed by atoms with Gasteiger partial charge in [-0.15, -0.1) is 15.7 Å². The van der Waals surface area contributed by atoms with Gasteiger partial charge in [-0.05, 0) is 36.8 Å². The Hall–Kier alpha value is -2.45. The summed E-state index contributed by atoms with van der Waals surface area (Å²) in [4.78, 5) is 15.6. The van der Waals surface area contributed by atoms with E-state index >= 15 is 0 Å². The number of rotatable bonds is 4.